The van der Waals surface area contributed by atoms with Gasteiger partial charge < -0.3 is 5.73 Å². The Balaban J connectivity index is 1.97. The fourth-order valence-electron chi connectivity index (χ4n) is 2.51. The number of aryl methyl sites for hydroxylation is 1. The van der Waals surface area contributed by atoms with E-state index in [0.717, 1.165) is 26.4 Å². The summed E-state index contributed by atoms with van der Waals surface area (Å²) in [5.74, 6) is 0.357. The second-order valence-corrected chi connectivity index (χ2v) is 6.94. The second kappa shape index (κ2) is 5.81. The Labute approximate surface area is 147 Å². The fraction of sp³-hybridized carbons (Fsp3) is 0.0588. The van der Waals surface area contributed by atoms with E-state index < -0.39 is 0 Å². The summed E-state index contributed by atoms with van der Waals surface area (Å²) in [6.45, 7) is 2.00. The fourth-order valence-corrected chi connectivity index (χ4v) is 3.54. The Morgan fingerprint density at radius 1 is 1.08 bits per heavy atom. The van der Waals surface area contributed by atoms with E-state index >= 15 is 0 Å². The minimum absolute atomic E-state index is 0.357. The largest absolute Gasteiger partial charge is 0.382 e. The molecule has 0 amide bonds. The Morgan fingerprint density at radius 3 is 2.75 bits per heavy atom. The number of benzene rings is 1. The first-order valence-corrected chi connectivity index (χ1v) is 8.41. The van der Waals surface area contributed by atoms with Crippen LogP contribution in [0.25, 0.3) is 32.9 Å². The number of halogens is 1. The van der Waals surface area contributed by atoms with Crippen molar-refractivity contribution in [2.45, 2.75) is 6.92 Å². The first-order valence-electron chi connectivity index (χ1n) is 7.22. The summed E-state index contributed by atoms with van der Waals surface area (Å²) in [5, 5.41) is 2.30. The lowest BCUT2D eigenvalue weighted by Gasteiger charge is -2.09. The van der Waals surface area contributed by atoms with Crippen molar-refractivity contribution in [3.05, 3.63) is 52.8 Å². The van der Waals surface area contributed by atoms with Crippen molar-refractivity contribution in [2.24, 2.45) is 0 Å². The molecule has 5 nitrogen and oxygen atoms in total. The van der Waals surface area contributed by atoms with Gasteiger partial charge in [-0.05, 0) is 25.1 Å². The molecule has 0 unspecified atom stereocenters. The lowest BCUT2D eigenvalue weighted by atomic mass is 10.1. The molecule has 0 spiro atoms. The molecule has 0 atom stereocenters. The summed E-state index contributed by atoms with van der Waals surface area (Å²) in [7, 11) is 0. The van der Waals surface area contributed by atoms with E-state index in [-0.39, 0.29) is 0 Å². The van der Waals surface area contributed by atoms with Crippen LogP contribution in [0.5, 0.6) is 0 Å². The van der Waals surface area contributed by atoms with Gasteiger partial charge >= 0.3 is 0 Å². The first kappa shape index (κ1) is 15.0. The molecule has 0 aliphatic carbocycles. The molecule has 0 bridgehead atoms. The van der Waals surface area contributed by atoms with Crippen LogP contribution in [0, 0.1) is 6.92 Å². The van der Waals surface area contributed by atoms with Gasteiger partial charge in [0.05, 0.1) is 22.4 Å². The van der Waals surface area contributed by atoms with Crippen LogP contribution in [0.15, 0.2) is 42.9 Å². The lowest BCUT2D eigenvalue weighted by Crippen LogP contribution is -1.98. The number of rotatable bonds is 2. The third kappa shape index (κ3) is 2.60. The van der Waals surface area contributed by atoms with Gasteiger partial charge in [-0.2, -0.15) is 0 Å². The van der Waals surface area contributed by atoms with Crippen LogP contribution in [-0.2, 0) is 0 Å². The van der Waals surface area contributed by atoms with E-state index in [1.807, 2.05) is 37.4 Å². The molecule has 1 aromatic carbocycles. The zero-order chi connectivity index (χ0) is 16.7. The van der Waals surface area contributed by atoms with Crippen molar-refractivity contribution in [3.63, 3.8) is 0 Å². The van der Waals surface area contributed by atoms with E-state index in [1.165, 1.54) is 0 Å². The molecule has 0 saturated carbocycles. The van der Waals surface area contributed by atoms with Gasteiger partial charge in [0.15, 0.2) is 0 Å². The molecule has 0 aliphatic heterocycles. The molecule has 2 N–H and O–H groups in total. The number of anilines is 1. The van der Waals surface area contributed by atoms with E-state index in [2.05, 4.69) is 19.9 Å². The highest BCUT2D eigenvalue weighted by Gasteiger charge is 2.16. The third-order valence-corrected chi connectivity index (χ3v) is 4.75. The van der Waals surface area contributed by atoms with E-state index in [0.29, 0.717) is 22.2 Å². The number of pyridine rings is 1. The quantitative estimate of drug-likeness (QED) is 0.579. The maximum absolute atomic E-state index is 6.40. The molecule has 4 rings (SSSR count). The van der Waals surface area contributed by atoms with Gasteiger partial charge in [-0.3, -0.25) is 9.97 Å². The normalized spacial score (nSPS) is 11.1. The molecule has 118 valence electrons. The lowest BCUT2D eigenvalue weighted by molar-refractivity contribution is 1.21. The number of nitrogens with zero attached hydrogens (tertiary/aromatic N) is 4. The molecule has 0 radical (unpaired) electrons. The number of nitrogens with two attached hydrogens (primary N) is 1. The van der Waals surface area contributed by atoms with Crippen LogP contribution in [-0.4, -0.2) is 19.9 Å². The number of thiazole rings is 1. The molecular weight excluding hydrogens is 342 g/mol. The average molecular weight is 354 g/mol. The highest BCUT2D eigenvalue weighted by molar-refractivity contribution is 7.14. The summed E-state index contributed by atoms with van der Waals surface area (Å²) in [6.07, 6.45) is 5.08. The van der Waals surface area contributed by atoms with E-state index in [4.69, 9.17) is 17.3 Å². The van der Waals surface area contributed by atoms with Crippen molar-refractivity contribution < 1.29 is 0 Å². The van der Waals surface area contributed by atoms with E-state index in [1.54, 1.807) is 23.7 Å². The Morgan fingerprint density at radius 2 is 1.96 bits per heavy atom. The summed E-state index contributed by atoms with van der Waals surface area (Å²) in [4.78, 5) is 18.8. The van der Waals surface area contributed by atoms with Crippen LogP contribution in [0.3, 0.4) is 0 Å². The highest BCUT2D eigenvalue weighted by Crippen LogP contribution is 2.35. The molecule has 24 heavy (non-hydrogen) atoms. The molecule has 3 heterocycles. The molecule has 7 heteroatoms. The van der Waals surface area contributed by atoms with Crippen molar-refractivity contribution in [1.29, 1.82) is 0 Å². The van der Waals surface area contributed by atoms with Gasteiger partial charge in [-0.1, -0.05) is 17.7 Å². The van der Waals surface area contributed by atoms with Crippen LogP contribution < -0.4 is 5.73 Å². The van der Waals surface area contributed by atoms with Crippen LogP contribution in [0.1, 0.15) is 4.88 Å². The number of hydrogen-bond donors (Lipinski definition) is 1. The molecular formula is C17H12ClN5S. The number of hydrogen-bond acceptors (Lipinski definition) is 6. The summed E-state index contributed by atoms with van der Waals surface area (Å²) < 4.78 is 0. The van der Waals surface area contributed by atoms with Crippen molar-refractivity contribution in [2.75, 3.05) is 5.73 Å². The maximum Gasteiger partial charge on any atom is 0.144 e. The minimum atomic E-state index is 0.357. The van der Waals surface area contributed by atoms with Crippen LogP contribution in [0.2, 0.25) is 5.02 Å². The predicted molar refractivity (Wildman–Crippen MR) is 98.0 cm³/mol. The summed E-state index contributed by atoms with van der Waals surface area (Å²) >= 11 is 7.95. The number of aromatic nitrogens is 4. The topological polar surface area (TPSA) is 77.6 Å². The standard InChI is InChI=1S/C17H12ClN5S/c1-9-7-22-17(24-9)16-15(21-8-13(19)23-16)11-5-10-3-2-4-20-14(10)12(18)6-11/h2-8H,1H3,(H2,19,23). The number of fused-ring (bicyclic) bond motifs is 1. The summed E-state index contributed by atoms with van der Waals surface area (Å²) in [6, 6.07) is 7.69. The Hall–Kier alpha value is -2.57. The van der Waals surface area contributed by atoms with Crippen molar-refractivity contribution in [1.82, 2.24) is 19.9 Å². The van der Waals surface area contributed by atoms with Crippen LogP contribution >= 0.6 is 22.9 Å². The smallest absolute Gasteiger partial charge is 0.144 e. The van der Waals surface area contributed by atoms with Gasteiger partial charge in [-0.15, -0.1) is 11.3 Å². The number of nitrogen functional groups attached to an aromatic ring is 1. The average Bonchev–Trinajstić information content (AvgIpc) is 3.01. The molecule has 4 aromatic rings. The van der Waals surface area contributed by atoms with Gasteiger partial charge in [0.1, 0.15) is 16.5 Å². The monoisotopic (exact) mass is 353 g/mol. The van der Waals surface area contributed by atoms with Gasteiger partial charge in [0, 0.05) is 28.2 Å². The minimum Gasteiger partial charge on any atom is -0.382 e. The van der Waals surface area contributed by atoms with Crippen molar-refractivity contribution >= 4 is 39.7 Å². The highest BCUT2D eigenvalue weighted by atomic mass is 35.5. The van der Waals surface area contributed by atoms with Gasteiger partial charge in [-0.25, -0.2) is 9.97 Å². The molecule has 0 aliphatic rings. The van der Waals surface area contributed by atoms with Gasteiger partial charge in [0.25, 0.3) is 0 Å². The zero-order valence-corrected chi connectivity index (χ0v) is 14.3. The van der Waals surface area contributed by atoms with E-state index in [9.17, 15) is 0 Å². The molecule has 0 saturated heterocycles. The Kier molecular flexibility index (Phi) is 3.63. The predicted octanol–water partition coefficient (Wildman–Crippen LogP) is 4.36. The second-order valence-electron chi connectivity index (χ2n) is 5.30. The summed E-state index contributed by atoms with van der Waals surface area (Å²) in [5.41, 5.74) is 8.82. The van der Waals surface area contributed by atoms with Crippen molar-refractivity contribution in [3.8, 4) is 22.0 Å². The first-order chi connectivity index (χ1) is 11.6. The van der Waals surface area contributed by atoms with Gasteiger partial charge in [0.2, 0.25) is 0 Å². The molecule has 3 aromatic heterocycles. The SMILES string of the molecule is Cc1cnc(-c2nc(N)cnc2-c2cc(Cl)c3ncccc3c2)s1. The van der Waals surface area contributed by atoms with Crippen LogP contribution in [0.4, 0.5) is 5.82 Å². The Bertz CT molecular complexity index is 1060. The molecule has 0 fully saturated rings. The third-order valence-electron chi connectivity index (χ3n) is 3.55. The zero-order valence-electron chi connectivity index (χ0n) is 12.7. The maximum atomic E-state index is 6.40.